The summed E-state index contributed by atoms with van der Waals surface area (Å²) in [6.07, 6.45) is 1.65. The summed E-state index contributed by atoms with van der Waals surface area (Å²) in [7, 11) is 5.38. The van der Waals surface area contributed by atoms with Crippen LogP contribution in [0.4, 0.5) is 0 Å². The minimum Gasteiger partial charge on any atom is -0.467 e. The van der Waals surface area contributed by atoms with Gasteiger partial charge in [0, 0.05) is 21.1 Å². The number of amides is 1. The van der Waals surface area contributed by atoms with Crippen LogP contribution < -0.4 is 5.32 Å². The molecule has 136 valence electrons. The van der Waals surface area contributed by atoms with E-state index in [0.29, 0.717) is 19.0 Å². The number of halogens is 1. The molecule has 1 amide bonds. The highest BCUT2D eigenvalue weighted by molar-refractivity contribution is 14.0. The number of aliphatic imine (C=N–C) groups is 1. The third-order valence-corrected chi connectivity index (χ3v) is 3.49. The van der Waals surface area contributed by atoms with Crippen LogP contribution in [-0.2, 0) is 17.9 Å². The molecule has 0 fully saturated rings. The van der Waals surface area contributed by atoms with Gasteiger partial charge in [0.25, 0.3) is 0 Å². The Morgan fingerprint density at radius 1 is 1.12 bits per heavy atom. The van der Waals surface area contributed by atoms with Crippen molar-refractivity contribution in [2.45, 2.75) is 13.1 Å². The van der Waals surface area contributed by atoms with Crippen molar-refractivity contribution in [2.24, 2.45) is 4.99 Å². The molecule has 0 aliphatic rings. The van der Waals surface area contributed by atoms with E-state index in [1.165, 1.54) is 0 Å². The molecule has 2 rings (SSSR count). The normalized spacial score (nSPS) is 10.8. The van der Waals surface area contributed by atoms with Gasteiger partial charge in [-0.05, 0) is 17.7 Å². The Hall–Kier alpha value is -2.03. The summed E-state index contributed by atoms with van der Waals surface area (Å²) < 4.78 is 5.38. The minimum absolute atomic E-state index is 0. The molecule has 0 saturated carbocycles. The van der Waals surface area contributed by atoms with Crippen molar-refractivity contribution in [1.82, 2.24) is 15.1 Å². The standard InChI is InChI=1S/C18H24N4O2.HI/c1-21(2)17(23)13-20-18(19-12-15-8-5-4-6-9-15)22(3)14-16-10-7-11-24-16;/h4-11H,12-14H2,1-3H3,(H,19,20);1H. The van der Waals surface area contributed by atoms with E-state index in [1.807, 2.05) is 54.4 Å². The molecule has 0 radical (unpaired) electrons. The van der Waals surface area contributed by atoms with E-state index >= 15 is 0 Å². The van der Waals surface area contributed by atoms with Crippen LogP contribution in [0.2, 0.25) is 0 Å². The molecule has 0 aliphatic heterocycles. The molecule has 0 spiro atoms. The van der Waals surface area contributed by atoms with Crippen LogP contribution in [-0.4, -0.2) is 49.4 Å². The molecule has 0 bridgehead atoms. The highest BCUT2D eigenvalue weighted by Crippen LogP contribution is 2.05. The summed E-state index contributed by atoms with van der Waals surface area (Å²) in [5.41, 5.74) is 1.11. The maximum atomic E-state index is 11.8. The zero-order valence-corrected chi connectivity index (χ0v) is 17.1. The largest absolute Gasteiger partial charge is 0.467 e. The maximum Gasteiger partial charge on any atom is 0.241 e. The van der Waals surface area contributed by atoms with Gasteiger partial charge in [0.15, 0.2) is 5.96 Å². The highest BCUT2D eigenvalue weighted by Gasteiger charge is 2.11. The summed E-state index contributed by atoms with van der Waals surface area (Å²) in [6.45, 7) is 1.31. The number of furan rings is 1. The molecule has 6 nitrogen and oxygen atoms in total. The Balaban J connectivity index is 0.00000312. The van der Waals surface area contributed by atoms with Crippen molar-refractivity contribution in [2.75, 3.05) is 27.7 Å². The first-order valence-corrected chi connectivity index (χ1v) is 7.82. The fourth-order valence-electron chi connectivity index (χ4n) is 2.09. The molecule has 0 unspecified atom stereocenters. The van der Waals surface area contributed by atoms with E-state index in [2.05, 4.69) is 10.3 Å². The first-order valence-electron chi connectivity index (χ1n) is 7.82. The molecular formula is C18H25IN4O2. The summed E-state index contributed by atoms with van der Waals surface area (Å²) in [5.74, 6) is 1.49. The Bertz CT molecular complexity index is 657. The molecular weight excluding hydrogens is 431 g/mol. The van der Waals surface area contributed by atoms with Gasteiger partial charge < -0.3 is 19.5 Å². The van der Waals surface area contributed by atoms with Crippen LogP contribution in [0, 0.1) is 0 Å². The van der Waals surface area contributed by atoms with E-state index in [-0.39, 0.29) is 36.4 Å². The number of hydrogen-bond acceptors (Lipinski definition) is 3. The average molecular weight is 456 g/mol. The van der Waals surface area contributed by atoms with Crippen molar-refractivity contribution < 1.29 is 9.21 Å². The Morgan fingerprint density at radius 3 is 2.44 bits per heavy atom. The minimum atomic E-state index is -0.00573. The van der Waals surface area contributed by atoms with E-state index in [0.717, 1.165) is 11.3 Å². The number of carbonyl (C=O) groups is 1. The van der Waals surface area contributed by atoms with Crippen molar-refractivity contribution in [3.05, 3.63) is 60.1 Å². The van der Waals surface area contributed by atoms with Gasteiger partial charge in [0.1, 0.15) is 5.76 Å². The molecule has 1 N–H and O–H groups in total. The molecule has 1 aromatic carbocycles. The number of guanidine groups is 1. The summed E-state index contributed by atoms with van der Waals surface area (Å²) >= 11 is 0. The average Bonchev–Trinajstić information content (AvgIpc) is 3.08. The van der Waals surface area contributed by atoms with Crippen LogP contribution in [0.3, 0.4) is 0 Å². The Morgan fingerprint density at radius 2 is 1.84 bits per heavy atom. The number of nitrogens with zero attached hydrogens (tertiary/aromatic N) is 3. The van der Waals surface area contributed by atoms with Crippen molar-refractivity contribution in [3.8, 4) is 0 Å². The second-order valence-electron chi connectivity index (χ2n) is 5.70. The summed E-state index contributed by atoms with van der Waals surface area (Å²) in [6, 6.07) is 13.8. The fraction of sp³-hybridized carbons (Fsp3) is 0.333. The Labute approximate surface area is 165 Å². The van der Waals surface area contributed by atoms with Gasteiger partial charge in [-0.3, -0.25) is 4.79 Å². The van der Waals surface area contributed by atoms with Crippen molar-refractivity contribution >= 4 is 35.8 Å². The van der Waals surface area contributed by atoms with Crippen LogP contribution in [0.5, 0.6) is 0 Å². The predicted molar refractivity (Wildman–Crippen MR) is 110 cm³/mol. The second kappa shape index (κ2) is 10.8. The zero-order chi connectivity index (χ0) is 17.4. The lowest BCUT2D eigenvalue weighted by Crippen LogP contribution is -2.43. The van der Waals surface area contributed by atoms with Gasteiger partial charge in [-0.15, -0.1) is 24.0 Å². The number of hydrogen-bond donors (Lipinski definition) is 1. The van der Waals surface area contributed by atoms with Gasteiger partial charge in [0.2, 0.25) is 5.91 Å². The molecule has 1 aromatic heterocycles. The first-order chi connectivity index (χ1) is 11.6. The number of benzene rings is 1. The monoisotopic (exact) mass is 456 g/mol. The lowest BCUT2D eigenvalue weighted by atomic mass is 10.2. The van der Waals surface area contributed by atoms with Gasteiger partial charge in [-0.25, -0.2) is 4.99 Å². The lowest BCUT2D eigenvalue weighted by Gasteiger charge is -2.22. The fourth-order valence-corrected chi connectivity index (χ4v) is 2.09. The number of nitrogens with one attached hydrogen (secondary N) is 1. The van der Waals surface area contributed by atoms with Crippen molar-refractivity contribution in [1.29, 1.82) is 0 Å². The van der Waals surface area contributed by atoms with E-state index in [4.69, 9.17) is 4.42 Å². The zero-order valence-electron chi connectivity index (χ0n) is 14.8. The SMILES string of the molecule is CN(C)C(=O)CNC(=NCc1ccccc1)N(C)Cc1ccco1.I. The van der Waals surface area contributed by atoms with E-state index < -0.39 is 0 Å². The van der Waals surface area contributed by atoms with Crippen molar-refractivity contribution in [3.63, 3.8) is 0 Å². The van der Waals surface area contributed by atoms with Crippen LogP contribution in [0.25, 0.3) is 0 Å². The van der Waals surface area contributed by atoms with E-state index in [1.54, 1.807) is 25.3 Å². The number of rotatable bonds is 6. The third-order valence-electron chi connectivity index (χ3n) is 3.49. The van der Waals surface area contributed by atoms with Gasteiger partial charge in [-0.1, -0.05) is 30.3 Å². The second-order valence-corrected chi connectivity index (χ2v) is 5.70. The van der Waals surface area contributed by atoms with Gasteiger partial charge in [-0.2, -0.15) is 0 Å². The number of carbonyl (C=O) groups excluding carboxylic acids is 1. The van der Waals surface area contributed by atoms with Gasteiger partial charge >= 0.3 is 0 Å². The van der Waals surface area contributed by atoms with Crippen LogP contribution >= 0.6 is 24.0 Å². The highest BCUT2D eigenvalue weighted by atomic mass is 127. The van der Waals surface area contributed by atoms with E-state index in [9.17, 15) is 4.79 Å². The molecule has 7 heteroatoms. The quantitative estimate of drug-likeness (QED) is 0.413. The molecule has 0 atom stereocenters. The molecule has 0 aliphatic carbocycles. The van der Waals surface area contributed by atoms with Gasteiger partial charge in [0.05, 0.1) is 25.9 Å². The Kier molecular flexibility index (Phi) is 9.04. The van der Waals surface area contributed by atoms with Crippen LogP contribution in [0.15, 0.2) is 58.1 Å². The van der Waals surface area contributed by atoms with Crippen LogP contribution in [0.1, 0.15) is 11.3 Å². The molecule has 2 aromatic rings. The predicted octanol–water partition coefficient (Wildman–Crippen LogP) is 2.56. The molecule has 25 heavy (non-hydrogen) atoms. The first kappa shape index (κ1) is 21.0. The topological polar surface area (TPSA) is 61.1 Å². The summed E-state index contributed by atoms with van der Waals surface area (Å²) in [4.78, 5) is 19.9. The molecule has 0 saturated heterocycles. The number of likely N-dealkylation sites (N-methyl/N-ethyl adjacent to an activating group) is 1. The summed E-state index contributed by atoms with van der Waals surface area (Å²) in [5, 5.41) is 3.13. The smallest absolute Gasteiger partial charge is 0.241 e. The maximum absolute atomic E-state index is 11.8. The third kappa shape index (κ3) is 7.16. The molecule has 1 heterocycles. The lowest BCUT2D eigenvalue weighted by molar-refractivity contribution is -0.127.